The highest BCUT2D eigenvalue weighted by Gasteiger charge is 2.44. The number of nitrogens with zero attached hydrogens (tertiary/aromatic N) is 3. The standard InChI is InChI=1S/C26H30N3O3/c1-29(18-14-23-19-27-15-16-28-23)17-8-13-24(20-29)32-25(30)26(31,21-9-4-2-5-10-21)22-11-6-3-7-12-22/h2-7,9-12,15-16,19,24,31H,8,13-14,17-18,20H2,1H3/q+1/t24-,29?/m1/s1. The molecule has 6 heteroatoms. The van der Waals surface area contributed by atoms with Crippen LogP contribution >= 0.6 is 0 Å². The van der Waals surface area contributed by atoms with Gasteiger partial charge in [-0.15, -0.1) is 0 Å². The first-order chi connectivity index (χ1) is 15.5. The molecule has 1 unspecified atom stereocenters. The van der Waals surface area contributed by atoms with E-state index in [0.717, 1.165) is 42.5 Å². The minimum Gasteiger partial charge on any atom is -0.454 e. The molecule has 4 rings (SSSR count). The molecule has 1 aromatic heterocycles. The van der Waals surface area contributed by atoms with Gasteiger partial charge in [-0.05, 0) is 17.5 Å². The Hall–Kier alpha value is -3.09. The molecule has 166 valence electrons. The highest BCUT2D eigenvalue weighted by Crippen LogP contribution is 2.32. The number of quaternary nitrogens is 1. The van der Waals surface area contributed by atoms with E-state index in [1.807, 2.05) is 36.4 Å². The molecule has 0 aliphatic carbocycles. The fraction of sp³-hybridized carbons (Fsp3) is 0.346. The molecule has 0 spiro atoms. The second kappa shape index (κ2) is 9.59. The molecule has 1 aliphatic heterocycles. The minimum absolute atomic E-state index is 0.248. The zero-order valence-corrected chi connectivity index (χ0v) is 18.4. The molecule has 6 nitrogen and oxygen atoms in total. The van der Waals surface area contributed by atoms with Gasteiger partial charge in [0.2, 0.25) is 5.60 Å². The van der Waals surface area contributed by atoms with E-state index in [9.17, 15) is 9.90 Å². The summed E-state index contributed by atoms with van der Waals surface area (Å²) in [6.45, 7) is 2.63. The predicted octanol–water partition coefficient (Wildman–Crippen LogP) is 3.11. The second-order valence-electron chi connectivity index (χ2n) is 8.81. The van der Waals surface area contributed by atoms with Crippen LogP contribution in [0.3, 0.4) is 0 Å². The van der Waals surface area contributed by atoms with E-state index in [1.54, 1.807) is 42.9 Å². The van der Waals surface area contributed by atoms with Gasteiger partial charge in [0.1, 0.15) is 6.54 Å². The molecule has 32 heavy (non-hydrogen) atoms. The summed E-state index contributed by atoms with van der Waals surface area (Å²) in [5.41, 5.74) is 0.135. The van der Waals surface area contributed by atoms with Gasteiger partial charge in [0.05, 0.1) is 25.8 Å². The molecule has 1 N–H and O–H groups in total. The number of rotatable bonds is 7. The number of aromatic nitrogens is 2. The lowest BCUT2D eigenvalue weighted by Crippen LogP contribution is -2.55. The van der Waals surface area contributed by atoms with Gasteiger partial charge in [-0.3, -0.25) is 9.97 Å². The van der Waals surface area contributed by atoms with Crippen LogP contribution in [0, 0.1) is 0 Å². The van der Waals surface area contributed by atoms with E-state index in [0.29, 0.717) is 17.7 Å². The molecule has 2 heterocycles. The first kappa shape index (κ1) is 22.1. The van der Waals surface area contributed by atoms with Crippen LogP contribution in [0.2, 0.25) is 0 Å². The van der Waals surface area contributed by atoms with Crippen molar-refractivity contribution < 1.29 is 19.1 Å². The first-order valence-corrected chi connectivity index (χ1v) is 11.1. The van der Waals surface area contributed by atoms with Gasteiger partial charge in [-0.2, -0.15) is 0 Å². The number of ether oxygens (including phenoxy) is 1. The van der Waals surface area contributed by atoms with E-state index >= 15 is 0 Å². The number of aliphatic hydroxyl groups is 1. The maximum atomic E-state index is 13.4. The normalized spacial score (nSPS) is 21.1. The Kier molecular flexibility index (Phi) is 6.63. The number of carbonyl (C=O) groups is 1. The molecule has 2 aromatic carbocycles. The Balaban J connectivity index is 1.49. The van der Waals surface area contributed by atoms with E-state index in [1.165, 1.54) is 0 Å². The molecule has 1 fully saturated rings. The van der Waals surface area contributed by atoms with Gasteiger partial charge in [-0.1, -0.05) is 60.7 Å². The maximum absolute atomic E-state index is 13.4. The summed E-state index contributed by atoms with van der Waals surface area (Å²) in [5, 5.41) is 11.6. The van der Waals surface area contributed by atoms with Crippen LogP contribution < -0.4 is 0 Å². The molecule has 1 saturated heterocycles. The summed E-state index contributed by atoms with van der Waals surface area (Å²) in [4.78, 5) is 21.9. The largest absolute Gasteiger partial charge is 0.454 e. The lowest BCUT2D eigenvalue weighted by molar-refractivity contribution is -0.916. The first-order valence-electron chi connectivity index (χ1n) is 11.1. The topological polar surface area (TPSA) is 72.3 Å². The van der Waals surface area contributed by atoms with Gasteiger partial charge in [0.25, 0.3) is 0 Å². The van der Waals surface area contributed by atoms with Crippen molar-refractivity contribution in [3.8, 4) is 0 Å². The van der Waals surface area contributed by atoms with Crippen molar-refractivity contribution in [1.82, 2.24) is 9.97 Å². The van der Waals surface area contributed by atoms with Crippen LogP contribution in [0.1, 0.15) is 29.7 Å². The Labute approximate surface area is 189 Å². The minimum atomic E-state index is -1.84. The molecule has 0 radical (unpaired) electrons. The molecule has 0 saturated carbocycles. The fourth-order valence-corrected chi connectivity index (χ4v) is 4.52. The van der Waals surface area contributed by atoms with E-state index in [4.69, 9.17) is 4.74 Å². The Morgan fingerprint density at radius 2 is 1.75 bits per heavy atom. The number of hydrogen-bond acceptors (Lipinski definition) is 5. The van der Waals surface area contributed by atoms with Crippen LogP contribution in [0.25, 0.3) is 0 Å². The number of carbonyl (C=O) groups excluding carboxylic acids is 1. The molecule has 0 bridgehead atoms. The number of likely N-dealkylation sites (N-methyl/N-ethyl adjacent to an activating group) is 1. The second-order valence-corrected chi connectivity index (χ2v) is 8.81. The van der Waals surface area contributed by atoms with Crippen molar-refractivity contribution in [1.29, 1.82) is 0 Å². The number of likely N-dealkylation sites (tertiary alicyclic amines) is 1. The summed E-state index contributed by atoms with van der Waals surface area (Å²) >= 11 is 0. The highest BCUT2D eigenvalue weighted by atomic mass is 16.6. The molecule has 1 aliphatic rings. The zero-order chi connectivity index (χ0) is 22.4. The van der Waals surface area contributed by atoms with Crippen molar-refractivity contribution in [2.24, 2.45) is 0 Å². The third kappa shape index (κ3) is 4.87. The van der Waals surface area contributed by atoms with Crippen LogP contribution in [-0.2, 0) is 21.6 Å². The average Bonchev–Trinajstić information content (AvgIpc) is 2.84. The summed E-state index contributed by atoms with van der Waals surface area (Å²) < 4.78 is 6.78. The quantitative estimate of drug-likeness (QED) is 0.459. The summed E-state index contributed by atoms with van der Waals surface area (Å²) in [6.07, 6.45) is 7.52. The van der Waals surface area contributed by atoms with Crippen molar-refractivity contribution in [2.45, 2.75) is 31.0 Å². The molecule has 0 amide bonds. The van der Waals surface area contributed by atoms with Crippen molar-refractivity contribution >= 4 is 5.97 Å². The van der Waals surface area contributed by atoms with Gasteiger partial charge in [0.15, 0.2) is 6.10 Å². The lowest BCUT2D eigenvalue weighted by Gasteiger charge is -2.41. The zero-order valence-electron chi connectivity index (χ0n) is 18.4. The molecular formula is C26H30N3O3+. The highest BCUT2D eigenvalue weighted by molar-refractivity contribution is 5.85. The van der Waals surface area contributed by atoms with Crippen LogP contribution in [0.15, 0.2) is 79.3 Å². The number of benzene rings is 2. The van der Waals surface area contributed by atoms with Gasteiger partial charge in [0, 0.05) is 31.4 Å². The van der Waals surface area contributed by atoms with Gasteiger partial charge in [-0.25, -0.2) is 4.79 Å². The summed E-state index contributed by atoms with van der Waals surface area (Å²) in [5.74, 6) is -0.623. The predicted molar refractivity (Wildman–Crippen MR) is 122 cm³/mol. The fourth-order valence-electron chi connectivity index (χ4n) is 4.52. The monoisotopic (exact) mass is 432 g/mol. The third-order valence-corrected chi connectivity index (χ3v) is 6.35. The van der Waals surface area contributed by atoms with Crippen molar-refractivity contribution in [3.05, 3.63) is 96.1 Å². The van der Waals surface area contributed by atoms with Gasteiger partial charge >= 0.3 is 5.97 Å². The number of piperidine rings is 1. The average molecular weight is 433 g/mol. The van der Waals surface area contributed by atoms with Crippen molar-refractivity contribution in [3.63, 3.8) is 0 Å². The van der Waals surface area contributed by atoms with Gasteiger partial charge < -0.3 is 14.3 Å². The number of esters is 1. The summed E-state index contributed by atoms with van der Waals surface area (Å²) in [6, 6.07) is 18.0. The summed E-state index contributed by atoms with van der Waals surface area (Å²) in [7, 11) is 2.19. The molecule has 3 aromatic rings. The molecular weight excluding hydrogens is 402 g/mol. The SMILES string of the molecule is C[N+]1(CCc2cnccn2)CCC[C@@H](OC(=O)C(O)(c2ccccc2)c2ccccc2)C1. The Morgan fingerprint density at radius 3 is 2.34 bits per heavy atom. The third-order valence-electron chi connectivity index (χ3n) is 6.35. The van der Waals surface area contributed by atoms with E-state index in [-0.39, 0.29) is 6.10 Å². The smallest absolute Gasteiger partial charge is 0.348 e. The van der Waals surface area contributed by atoms with Crippen molar-refractivity contribution in [2.75, 3.05) is 26.7 Å². The Morgan fingerprint density at radius 1 is 1.09 bits per heavy atom. The van der Waals surface area contributed by atoms with Crippen LogP contribution in [0.4, 0.5) is 0 Å². The lowest BCUT2D eigenvalue weighted by atomic mass is 9.86. The molecule has 2 atom stereocenters. The van der Waals surface area contributed by atoms with E-state index in [2.05, 4.69) is 17.0 Å². The van der Waals surface area contributed by atoms with Crippen LogP contribution in [-0.4, -0.2) is 58.3 Å². The van der Waals surface area contributed by atoms with E-state index < -0.39 is 11.6 Å². The van der Waals surface area contributed by atoms with Crippen LogP contribution in [0.5, 0.6) is 0 Å². The maximum Gasteiger partial charge on any atom is 0.348 e. The number of hydrogen-bond donors (Lipinski definition) is 1. The Bertz CT molecular complexity index is 975.